The molecule has 2 saturated carbocycles. The standard InChI is InChI=1S/C26H33F2N3O5S/c1-26(2)35-15-18(36-26)14-31-10-9-24(30-31)29-25(32)21(11-16-12-22(27)23(28)13-16)17-3-5-19(6-4-17)37(33,34)20-7-8-20/h3-6,9-10,16,18,20-23H,7-8,11-15H2,1-2H3,(H,29,30,32)/t16?,18-,21?,22?,23?/m1/s1. The van der Waals surface area contributed by atoms with E-state index < -0.39 is 33.9 Å². The molecule has 37 heavy (non-hydrogen) atoms. The van der Waals surface area contributed by atoms with Crippen molar-refractivity contribution in [2.45, 2.75) is 92.8 Å². The summed E-state index contributed by atoms with van der Waals surface area (Å²) < 4.78 is 65.9. The summed E-state index contributed by atoms with van der Waals surface area (Å²) in [5.74, 6) is -1.66. The van der Waals surface area contributed by atoms with E-state index in [0.717, 1.165) is 0 Å². The first-order valence-corrected chi connectivity index (χ1v) is 14.3. The highest BCUT2D eigenvalue weighted by molar-refractivity contribution is 7.92. The molecule has 3 fully saturated rings. The molecule has 1 aromatic heterocycles. The van der Waals surface area contributed by atoms with Gasteiger partial charge in [0.2, 0.25) is 5.91 Å². The second-order valence-electron chi connectivity index (χ2n) is 10.8. The molecule has 1 amide bonds. The highest BCUT2D eigenvalue weighted by atomic mass is 32.2. The predicted octanol–water partition coefficient (Wildman–Crippen LogP) is 4.17. The van der Waals surface area contributed by atoms with Crippen LogP contribution in [0.5, 0.6) is 0 Å². The van der Waals surface area contributed by atoms with Crippen LogP contribution in [0.15, 0.2) is 41.4 Å². The molecule has 1 aliphatic heterocycles. The number of benzene rings is 1. The lowest BCUT2D eigenvalue weighted by Gasteiger charge is -2.20. The molecule has 11 heteroatoms. The lowest BCUT2D eigenvalue weighted by atomic mass is 9.87. The molecule has 5 rings (SSSR count). The Bertz CT molecular complexity index is 1220. The maximum absolute atomic E-state index is 13.9. The van der Waals surface area contributed by atoms with Gasteiger partial charge in [-0.25, -0.2) is 17.2 Å². The summed E-state index contributed by atoms with van der Waals surface area (Å²) in [7, 11) is -3.36. The normalized spacial score (nSPS) is 28.3. The maximum Gasteiger partial charge on any atom is 0.233 e. The van der Waals surface area contributed by atoms with Gasteiger partial charge in [-0.15, -0.1) is 0 Å². The molecule has 2 aliphatic carbocycles. The average Bonchev–Trinajstić information content (AvgIpc) is 3.44. The molecule has 202 valence electrons. The molecule has 3 aliphatic rings. The number of hydrogen-bond acceptors (Lipinski definition) is 6. The van der Waals surface area contributed by atoms with Gasteiger partial charge >= 0.3 is 0 Å². The zero-order chi connectivity index (χ0) is 26.4. The Hall–Kier alpha value is -2.37. The van der Waals surface area contributed by atoms with Crippen molar-refractivity contribution in [2.75, 3.05) is 11.9 Å². The molecule has 0 radical (unpaired) electrons. The van der Waals surface area contributed by atoms with E-state index in [9.17, 15) is 22.0 Å². The van der Waals surface area contributed by atoms with Crippen molar-refractivity contribution in [1.29, 1.82) is 0 Å². The summed E-state index contributed by atoms with van der Waals surface area (Å²) in [6.07, 6.45) is 0.220. The summed E-state index contributed by atoms with van der Waals surface area (Å²) in [5, 5.41) is 6.91. The third-order valence-electron chi connectivity index (χ3n) is 7.32. The number of hydrogen-bond donors (Lipinski definition) is 1. The minimum Gasteiger partial charge on any atom is -0.348 e. The van der Waals surface area contributed by atoms with Crippen molar-refractivity contribution in [3.8, 4) is 0 Å². The number of anilines is 1. The van der Waals surface area contributed by atoms with Gasteiger partial charge in [0.1, 0.15) is 18.4 Å². The number of aromatic nitrogens is 2. The van der Waals surface area contributed by atoms with E-state index in [2.05, 4.69) is 10.4 Å². The first-order chi connectivity index (χ1) is 17.5. The number of carbonyl (C=O) groups is 1. The van der Waals surface area contributed by atoms with Gasteiger partial charge in [-0.1, -0.05) is 12.1 Å². The zero-order valence-corrected chi connectivity index (χ0v) is 21.8. The van der Waals surface area contributed by atoms with Crippen LogP contribution in [0.4, 0.5) is 14.6 Å². The van der Waals surface area contributed by atoms with E-state index in [1.807, 2.05) is 13.8 Å². The number of carbonyl (C=O) groups excluding carboxylic acids is 1. The molecule has 3 unspecified atom stereocenters. The molecule has 2 aromatic rings. The van der Waals surface area contributed by atoms with Gasteiger partial charge < -0.3 is 14.8 Å². The SMILES string of the molecule is CC1(C)OC[C@@H](Cn2ccc(NC(=O)C(CC3CC(F)C(F)C3)c3ccc(S(=O)(=O)C4CC4)cc3)n2)O1. The van der Waals surface area contributed by atoms with E-state index in [0.29, 0.717) is 37.4 Å². The largest absolute Gasteiger partial charge is 0.348 e. The quantitative estimate of drug-likeness (QED) is 0.516. The van der Waals surface area contributed by atoms with E-state index in [1.54, 1.807) is 29.1 Å². The zero-order valence-electron chi connectivity index (χ0n) is 21.0. The highest BCUT2D eigenvalue weighted by Gasteiger charge is 2.39. The van der Waals surface area contributed by atoms with Crippen molar-refractivity contribution in [3.05, 3.63) is 42.1 Å². The monoisotopic (exact) mass is 537 g/mol. The molecule has 4 atom stereocenters. The Balaban J connectivity index is 1.30. The summed E-state index contributed by atoms with van der Waals surface area (Å²) in [5.41, 5.74) is 0.600. The number of ether oxygens (including phenoxy) is 2. The van der Waals surface area contributed by atoms with Gasteiger partial charge in [-0.05, 0) is 69.6 Å². The Kier molecular flexibility index (Phi) is 7.14. The van der Waals surface area contributed by atoms with Crippen molar-refractivity contribution in [2.24, 2.45) is 5.92 Å². The smallest absolute Gasteiger partial charge is 0.233 e. The number of sulfone groups is 1. The van der Waals surface area contributed by atoms with Gasteiger partial charge in [0.15, 0.2) is 21.4 Å². The van der Waals surface area contributed by atoms with Gasteiger partial charge in [0.25, 0.3) is 0 Å². The Morgan fingerprint density at radius 3 is 2.43 bits per heavy atom. The number of rotatable bonds is 9. The third kappa shape index (κ3) is 6.04. The first-order valence-electron chi connectivity index (χ1n) is 12.8. The van der Waals surface area contributed by atoms with E-state index in [4.69, 9.17) is 9.47 Å². The lowest BCUT2D eigenvalue weighted by Crippen LogP contribution is -2.25. The topological polar surface area (TPSA) is 99.5 Å². The number of amides is 1. The molecule has 2 heterocycles. The number of nitrogens with zero attached hydrogens (tertiary/aromatic N) is 2. The Morgan fingerprint density at radius 2 is 1.84 bits per heavy atom. The average molecular weight is 538 g/mol. The van der Waals surface area contributed by atoms with Gasteiger partial charge in [0.05, 0.1) is 29.2 Å². The molecular formula is C26H33F2N3O5S. The molecule has 0 spiro atoms. The molecule has 1 aromatic carbocycles. The second kappa shape index (κ2) is 10.1. The molecule has 8 nitrogen and oxygen atoms in total. The van der Waals surface area contributed by atoms with E-state index in [-0.39, 0.29) is 47.3 Å². The van der Waals surface area contributed by atoms with E-state index >= 15 is 0 Å². The highest BCUT2D eigenvalue weighted by Crippen LogP contribution is 2.39. The predicted molar refractivity (Wildman–Crippen MR) is 132 cm³/mol. The van der Waals surface area contributed by atoms with Crippen LogP contribution >= 0.6 is 0 Å². The van der Waals surface area contributed by atoms with Crippen LogP contribution in [-0.2, 0) is 30.7 Å². The lowest BCUT2D eigenvalue weighted by molar-refractivity contribution is -0.139. The van der Waals surface area contributed by atoms with Crippen LogP contribution in [0.25, 0.3) is 0 Å². The van der Waals surface area contributed by atoms with Crippen molar-refractivity contribution < 1.29 is 31.5 Å². The minimum atomic E-state index is -3.36. The summed E-state index contributed by atoms with van der Waals surface area (Å²) in [6, 6.07) is 7.98. The number of halogens is 2. The van der Waals surface area contributed by atoms with E-state index in [1.165, 1.54) is 12.1 Å². The van der Waals surface area contributed by atoms with Gasteiger partial charge in [-0.3, -0.25) is 9.48 Å². The summed E-state index contributed by atoms with van der Waals surface area (Å²) in [6.45, 7) is 4.58. The maximum atomic E-state index is 13.9. The van der Waals surface area contributed by atoms with Crippen LogP contribution in [0.2, 0.25) is 0 Å². The molecule has 1 saturated heterocycles. The fourth-order valence-electron chi connectivity index (χ4n) is 5.21. The molecule has 1 N–H and O–H groups in total. The first kappa shape index (κ1) is 26.2. The fraction of sp³-hybridized carbons (Fsp3) is 0.615. The van der Waals surface area contributed by atoms with Crippen LogP contribution in [0, 0.1) is 5.92 Å². The van der Waals surface area contributed by atoms with Crippen LogP contribution in [0.3, 0.4) is 0 Å². The van der Waals surface area contributed by atoms with Crippen LogP contribution < -0.4 is 5.32 Å². The number of nitrogens with one attached hydrogen (secondary N) is 1. The van der Waals surface area contributed by atoms with Crippen LogP contribution in [-0.4, -0.2) is 60.2 Å². The third-order valence-corrected chi connectivity index (χ3v) is 9.60. The summed E-state index contributed by atoms with van der Waals surface area (Å²) in [4.78, 5) is 13.6. The van der Waals surface area contributed by atoms with Crippen molar-refractivity contribution in [3.63, 3.8) is 0 Å². The summed E-state index contributed by atoms with van der Waals surface area (Å²) >= 11 is 0. The minimum absolute atomic E-state index is 0.0630. The number of alkyl halides is 2. The molecule has 0 bridgehead atoms. The van der Waals surface area contributed by atoms with Crippen LogP contribution in [0.1, 0.15) is 57.4 Å². The fourth-order valence-corrected chi connectivity index (χ4v) is 6.87. The van der Waals surface area contributed by atoms with Crippen molar-refractivity contribution >= 4 is 21.6 Å². The van der Waals surface area contributed by atoms with Gasteiger partial charge in [-0.2, -0.15) is 5.10 Å². The Morgan fingerprint density at radius 1 is 1.16 bits per heavy atom. The molecular weight excluding hydrogens is 504 g/mol. The second-order valence-corrected chi connectivity index (χ2v) is 13.1. The Labute approximate surface area is 215 Å². The van der Waals surface area contributed by atoms with Crippen molar-refractivity contribution in [1.82, 2.24) is 9.78 Å². The van der Waals surface area contributed by atoms with Gasteiger partial charge in [0, 0.05) is 12.3 Å².